The van der Waals surface area contributed by atoms with Gasteiger partial charge in [-0.2, -0.15) is 0 Å². The number of rotatable bonds is 0. The van der Waals surface area contributed by atoms with Crippen LogP contribution in [0, 0.1) is 0 Å². The summed E-state index contributed by atoms with van der Waals surface area (Å²) in [6, 6.07) is 0. The number of hydrogen-bond donors (Lipinski definition) is 1. The third kappa shape index (κ3) is 0.389. The molecule has 2 heteroatoms. The molecule has 0 radical (unpaired) electrons. The predicted octanol–water partition coefficient (Wildman–Crippen LogP) is 0.166. The van der Waals surface area contributed by atoms with Gasteiger partial charge in [0.2, 0.25) is 0 Å². The lowest BCUT2D eigenvalue weighted by Crippen LogP contribution is -2.24. The summed E-state index contributed by atoms with van der Waals surface area (Å²) in [4.78, 5) is 0. The molecule has 0 bridgehead atoms. The summed E-state index contributed by atoms with van der Waals surface area (Å²) in [6.07, 6.45) is 7.84. The van der Waals surface area contributed by atoms with Crippen molar-refractivity contribution in [3.63, 3.8) is 0 Å². The van der Waals surface area contributed by atoms with Crippen molar-refractivity contribution < 1.29 is 4.74 Å². The fraction of sp³-hybridized carbons (Fsp3) is 0.333. The molecule has 2 N–H and O–H groups in total. The summed E-state index contributed by atoms with van der Waals surface area (Å²) >= 11 is 0. The minimum absolute atomic E-state index is 0.160. The Morgan fingerprint density at radius 3 is 2.88 bits per heavy atom. The Labute approximate surface area is 47.6 Å². The second-order valence-electron chi connectivity index (χ2n) is 2.14. The van der Waals surface area contributed by atoms with E-state index >= 15 is 0 Å². The van der Waals surface area contributed by atoms with Gasteiger partial charge in [-0.3, -0.25) is 5.73 Å². The van der Waals surface area contributed by atoms with E-state index in [1.165, 1.54) is 0 Å². The molecule has 1 aliphatic heterocycles. The second kappa shape index (κ2) is 1.04. The van der Waals surface area contributed by atoms with E-state index in [1.54, 1.807) is 0 Å². The maximum absolute atomic E-state index is 5.59. The number of allylic oxidation sites excluding steroid dienone is 2. The highest BCUT2D eigenvalue weighted by atomic mass is 16.6. The van der Waals surface area contributed by atoms with Crippen molar-refractivity contribution in [2.45, 2.75) is 11.8 Å². The highest BCUT2D eigenvalue weighted by molar-refractivity contribution is 5.28. The van der Waals surface area contributed by atoms with Crippen LogP contribution in [0.3, 0.4) is 0 Å². The minimum atomic E-state index is -0.422. The lowest BCUT2D eigenvalue weighted by Gasteiger charge is -1.96. The molecule has 2 unspecified atom stereocenters. The van der Waals surface area contributed by atoms with Crippen LogP contribution >= 0.6 is 0 Å². The zero-order valence-corrected chi connectivity index (χ0v) is 4.37. The summed E-state index contributed by atoms with van der Waals surface area (Å²) < 4.78 is 5.07. The molecule has 2 atom stereocenters. The normalized spacial score (nSPS) is 48.9. The van der Waals surface area contributed by atoms with Gasteiger partial charge in [0.15, 0.2) is 5.72 Å². The highest BCUT2D eigenvalue weighted by Crippen LogP contribution is 2.35. The van der Waals surface area contributed by atoms with Crippen LogP contribution in [0.15, 0.2) is 24.3 Å². The van der Waals surface area contributed by atoms with Gasteiger partial charge in [0, 0.05) is 0 Å². The molecule has 1 saturated heterocycles. The van der Waals surface area contributed by atoms with Crippen molar-refractivity contribution in [3.8, 4) is 0 Å². The molecule has 0 aromatic rings. The van der Waals surface area contributed by atoms with Gasteiger partial charge in [-0.15, -0.1) is 0 Å². The Morgan fingerprint density at radius 2 is 2.38 bits per heavy atom. The molecule has 2 nitrogen and oxygen atoms in total. The summed E-state index contributed by atoms with van der Waals surface area (Å²) in [5.41, 5.74) is 5.17. The fourth-order valence-corrected chi connectivity index (χ4v) is 0.881. The van der Waals surface area contributed by atoms with Crippen molar-refractivity contribution in [1.82, 2.24) is 0 Å². The van der Waals surface area contributed by atoms with E-state index in [9.17, 15) is 0 Å². The van der Waals surface area contributed by atoms with Crippen LogP contribution in [0.2, 0.25) is 0 Å². The average molecular weight is 109 g/mol. The Hall–Kier alpha value is -0.600. The molecule has 1 aliphatic carbocycles. The van der Waals surface area contributed by atoms with E-state index in [0.717, 1.165) is 0 Å². The Morgan fingerprint density at radius 1 is 1.50 bits per heavy atom. The molecule has 0 aromatic carbocycles. The maximum atomic E-state index is 5.59. The molecule has 8 heavy (non-hydrogen) atoms. The van der Waals surface area contributed by atoms with Crippen LogP contribution in [0.4, 0.5) is 0 Å². The number of fused-ring (bicyclic) bond motifs is 1. The SMILES string of the molecule is NC12C=CC=CC1O2. The van der Waals surface area contributed by atoms with Crippen molar-refractivity contribution >= 4 is 0 Å². The first kappa shape index (κ1) is 4.30. The van der Waals surface area contributed by atoms with Crippen LogP contribution in [-0.2, 0) is 4.74 Å². The molecule has 1 fully saturated rings. The summed E-state index contributed by atoms with van der Waals surface area (Å²) in [6.45, 7) is 0. The molecular weight excluding hydrogens is 102 g/mol. The van der Waals surface area contributed by atoms with Crippen LogP contribution < -0.4 is 5.73 Å². The zero-order chi connectivity index (χ0) is 5.61. The second-order valence-corrected chi connectivity index (χ2v) is 2.14. The van der Waals surface area contributed by atoms with Gasteiger partial charge in [-0.1, -0.05) is 18.2 Å². The number of nitrogens with two attached hydrogens (primary N) is 1. The lowest BCUT2D eigenvalue weighted by atomic mass is 10.1. The molecular formula is C6H7NO. The summed E-state index contributed by atoms with van der Waals surface area (Å²) in [5.74, 6) is 0. The Bertz CT molecular complexity index is 173. The zero-order valence-electron chi connectivity index (χ0n) is 4.37. The van der Waals surface area contributed by atoms with Crippen LogP contribution in [0.1, 0.15) is 0 Å². The van der Waals surface area contributed by atoms with Crippen molar-refractivity contribution in [2.24, 2.45) is 5.73 Å². The third-order valence-electron chi connectivity index (χ3n) is 1.47. The molecule has 2 rings (SSSR count). The lowest BCUT2D eigenvalue weighted by molar-refractivity contribution is 0.347. The summed E-state index contributed by atoms with van der Waals surface area (Å²) in [7, 11) is 0. The molecule has 0 saturated carbocycles. The Balaban J connectivity index is 2.33. The topological polar surface area (TPSA) is 38.5 Å². The van der Waals surface area contributed by atoms with Gasteiger partial charge >= 0.3 is 0 Å². The predicted molar refractivity (Wildman–Crippen MR) is 30.1 cm³/mol. The first-order valence-corrected chi connectivity index (χ1v) is 2.64. The third-order valence-corrected chi connectivity index (χ3v) is 1.47. The Kier molecular flexibility index (Phi) is 0.558. The molecule has 0 amide bonds. The van der Waals surface area contributed by atoms with E-state index in [4.69, 9.17) is 10.5 Å². The molecule has 0 aromatic heterocycles. The summed E-state index contributed by atoms with van der Waals surface area (Å²) in [5, 5.41) is 0. The maximum Gasteiger partial charge on any atom is 0.167 e. The van der Waals surface area contributed by atoms with E-state index in [-0.39, 0.29) is 6.10 Å². The molecule has 1 heterocycles. The van der Waals surface area contributed by atoms with E-state index in [2.05, 4.69) is 0 Å². The minimum Gasteiger partial charge on any atom is -0.342 e. The smallest absolute Gasteiger partial charge is 0.167 e. The van der Waals surface area contributed by atoms with Gasteiger partial charge < -0.3 is 4.74 Å². The molecule has 42 valence electrons. The van der Waals surface area contributed by atoms with Gasteiger partial charge in [0.25, 0.3) is 0 Å². The first-order chi connectivity index (χ1) is 3.81. The van der Waals surface area contributed by atoms with E-state index in [1.807, 2.05) is 24.3 Å². The fourth-order valence-electron chi connectivity index (χ4n) is 0.881. The van der Waals surface area contributed by atoms with E-state index in [0.29, 0.717) is 0 Å². The molecule has 2 aliphatic rings. The standard InChI is InChI=1S/C6H7NO/c7-6-4-2-1-3-5(6)8-6/h1-5H,7H2. The van der Waals surface area contributed by atoms with Crippen molar-refractivity contribution in [2.75, 3.05) is 0 Å². The van der Waals surface area contributed by atoms with Crippen LogP contribution in [0.25, 0.3) is 0 Å². The monoisotopic (exact) mass is 109 g/mol. The number of ether oxygens (including phenoxy) is 1. The van der Waals surface area contributed by atoms with Gasteiger partial charge in [-0.25, -0.2) is 0 Å². The number of hydrogen-bond acceptors (Lipinski definition) is 2. The quantitative estimate of drug-likeness (QED) is 0.450. The van der Waals surface area contributed by atoms with Crippen molar-refractivity contribution in [3.05, 3.63) is 24.3 Å². The highest BCUT2D eigenvalue weighted by Gasteiger charge is 2.50. The van der Waals surface area contributed by atoms with Gasteiger partial charge in [0.05, 0.1) is 0 Å². The molecule has 0 spiro atoms. The van der Waals surface area contributed by atoms with Gasteiger partial charge in [0.1, 0.15) is 6.10 Å². The number of epoxide rings is 1. The van der Waals surface area contributed by atoms with Crippen LogP contribution in [-0.4, -0.2) is 11.8 Å². The van der Waals surface area contributed by atoms with E-state index < -0.39 is 5.72 Å². The van der Waals surface area contributed by atoms with Gasteiger partial charge in [-0.05, 0) is 6.08 Å². The average Bonchev–Trinajstić information content (AvgIpc) is 2.39. The van der Waals surface area contributed by atoms with Crippen LogP contribution in [0.5, 0.6) is 0 Å². The van der Waals surface area contributed by atoms with Crippen molar-refractivity contribution in [1.29, 1.82) is 0 Å². The largest absolute Gasteiger partial charge is 0.342 e. The first-order valence-electron chi connectivity index (χ1n) is 2.64.